The Kier molecular flexibility index (Phi) is 11.7. The zero-order chi connectivity index (χ0) is 38.5. The standard InChI is InChI=1S/C45H52N4O4S/c1-44(2)39(48(30-16-8-11-25-41(50)47-46)37-28-26-33-19-12-14-21-35(33)42(37)44)23-9-6-5-7-10-24-40-45(3,4)43-36-22-15-13-20-34(36)27-29-38(43)49(40)31-17-18-32-54(51,52)53/h5-7,9-10,12-15,19-24,26-29H,8,11,16-18,25,30-32,46H2,1-4H3,(H-,47,50,51,52,53). The molecule has 54 heavy (non-hydrogen) atoms. The lowest BCUT2D eigenvalue weighted by molar-refractivity contribution is -0.438. The first-order valence-corrected chi connectivity index (χ1v) is 20.5. The molecule has 1 amide bonds. The van der Waals surface area contributed by atoms with Gasteiger partial charge in [0, 0.05) is 59.6 Å². The Bertz CT molecular complexity index is 2310. The van der Waals surface area contributed by atoms with Crippen molar-refractivity contribution in [3.63, 3.8) is 0 Å². The van der Waals surface area contributed by atoms with E-state index in [0.717, 1.165) is 37.2 Å². The molecule has 6 rings (SSSR count). The highest BCUT2D eigenvalue weighted by Crippen LogP contribution is 2.51. The molecule has 4 aromatic rings. The molecule has 4 aromatic carbocycles. The predicted octanol–water partition coefficient (Wildman–Crippen LogP) is 8.60. The van der Waals surface area contributed by atoms with Crippen LogP contribution in [-0.4, -0.2) is 48.0 Å². The summed E-state index contributed by atoms with van der Waals surface area (Å²) in [6.45, 7) is 10.6. The number of nitrogens with one attached hydrogen (secondary N) is 1. The van der Waals surface area contributed by atoms with Crippen LogP contribution in [0.1, 0.15) is 77.3 Å². The van der Waals surface area contributed by atoms with Gasteiger partial charge >= 0.3 is 0 Å². The molecule has 0 fully saturated rings. The van der Waals surface area contributed by atoms with Crippen molar-refractivity contribution in [3.05, 3.63) is 132 Å². The van der Waals surface area contributed by atoms with E-state index in [0.29, 0.717) is 25.8 Å². The van der Waals surface area contributed by atoms with Crippen molar-refractivity contribution in [2.75, 3.05) is 23.7 Å². The number of nitrogens with two attached hydrogens (primary N) is 1. The van der Waals surface area contributed by atoms with E-state index in [-0.39, 0.29) is 22.5 Å². The number of carbonyl (C=O) groups excluding carboxylic acids is 1. The predicted molar refractivity (Wildman–Crippen MR) is 221 cm³/mol. The number of unbranched alkanes of at least 4 members (excludes halogenated alkanes) is 3. The first kappa shape index (κ1) is 38.9. The summed E-state index contributed by atoms with van der Waals surface area (Å²) in [4.78, 5) is 13.9. The Balaban J connectivity index is 1.23. The molecular formula is C45H52N4O4S. The summed E-state index contributed by atoms with van der Waals surface area (Å²) in [5, 5.41) is 4.90. The number of fused-ring (bicyclic) bond motifs is 6. The van der Waals surface area contributed by atoms with Gasteiger partial charge in [0.05, 0.1) is 15.5 Å². The third-order valence-corrected chi connectivity index (χ3v) is 11.7. The van der Waals surface area contributed by atoms with Crippen LogP contribution in [-0.2, 0) is 25.7 Å². The van der Waals surface area contributed by atoms with E-state index in [9.17, 15) is 17.8 Å². The highest BCUT2D eigenvalue weighted by molar-refractivity contribution is 7.85. The monoisotopic (exact) mass is 744 g/mol. The average Bonchev–Trinajstić information content (AvgIpc) is 3.50. The second kappa shape index (κ2) is 16.3. The molecule has 0 bridgehead atoms. The van der Waals surface area contributed by atoms with Crippen LogP contribution in [0, 0.1) is 0 Å². The largest absolute Gasteiger partial charge is 0.748 e. The van der Waals surface area contributed by atoms with Crippen LogP contribution in [0.2, 0.25) is 0 Å². The molecule has 0 atom stereocenters. The van der Waals surface area contributed by atoms with Gasteiger partial charge < -0.3 is 9.45 Å². The van der Waals surface area contributed by atoms with E-state index in [2.05, 4.69) is 146 Å². The van der Waals surface area contributed by atoms with E-state index in [1.165, 1.54) is 44.1 Å². The lowest BCUT2D eigenvalue weighted by Gasteiger charge is -2.27. The molecule has 8 nitrogen and oxygen atoms in total. The number of hydrazine groups is 1. The number of rotatable bonds is 15. The SMILES string of the molecule is CC1(C)C(/C=C/C=C/C=C/C=C2\N(CCCCS(=O)(=O)[O-])c3ccc4ccccc4c3C2(C)C)=[N+](CCCCCC(=O)NN)c2ccc3ccccc3c21. The lowest BCUT2D eigenvalue weighted by Crippen LogP contribution is -2.29. The second-order valence-electron chi connectivity index (χ2n) is 15.3. The maximum atomic E-state index is 11.6. The van der Waals surface area contributed by atoms with Crippen molar-refractivity contribution < 1.29 is 22.3 Å². The van der Waals surface area contributed by atoms with Crippen LogP contribution in [0.25, 0.3) is 21.5 Å². The van der Waals surface area contributed by atoms with Crippen LogP contribution in [0.5, 0.6) is 0 Å². The Hall–Kier alpha value is -4.83. The molecule has 0 saturated carbocycles. The van der Waals surface area contributed by atoms with Gasteiger partial charge in [-0.05, 0) is 84.8 Å². The van der Waals surface area contributed by atoms with E-state index >= 15 is 0 Å². The van der Waals surface area contributed by atoms with Crippen molar-refractivity contribution >= 4 is 54.7 Å². The number of allylic oxidation sites excluding steroid dienone is 8. The minimum atomic E-state index is -4.25. The molecular weight excluding hydrogens is 693 g/mol. The summed E-state index contributed by atoms with van der Waals surface area (Å²) in [5.41, 5.74) is 9.04. The molecule has 0 spiro atoms. The van der Waals surface area contributed by atoms with Gasteiger partial charge in [-0.25, -0.2) is 14.3 Å². The smallest absolute Gasteiger partial charge is 0.233 e. The van der Waals surface area contributed by atoms with Crippen LogP contribution in [0.3, 0.4) is 0 Å². The lowest BCUT2D eigenvalue weighted by atomic mass is 9.79. The molecule has 0 unspecified atom stereocenters. The van der Waals surface area contributed by atoms with E-state index in [4.69, 9.17) is 5.84 Å². The molecule has 0 radical (unpaired) electrons. The van der Waals surface area contributed by atoms with Crippen LogP contribution >= 0.6 is 0 Å². The van der Waals surface area contributed by atoms with E-state index in [1.807, 2.05) is 12.2 Å². The normalized spacial score (nSPS) is 17.2. The summed E-state index contributed by atoms with van der Waals surface area (Å²) in [6.07, 6.45) is 18.7. The Morgan fingerprint density at radius 1 is 0.778 bits per heavy atom. The fourth-order valence-corrected chi connectivity index (χ4v) is 8.95. The molecule has 2 aliphatic rings. The zero-order valence-corrected chi connectivity index (χ0v) is 32.7. The first-order valence-electron chi connectivity index (χ1n) is 19.0. The van der Waals surface area contributed by atoms with Crippen molar-refractivity contribution in [1.82, 2.24) is 5.43 Å². The van der Waals surface area contributed by atoms with Crippen LogP contribution in [0.15, 0.2) is 121 Å². The van der Waals surface area contributed by atoms with E-state index in [1.54, 1.807) is 0 Å². The quantitative estimate of drug-likeness (QED) is 0.0240. The Morgan fingerprint density at radius 3 is 2.13 bits per heavy atom. The van der Waals surface area contributed by atoms with Crippen LogP contribution in [0.4, 0.5) is 11.4 Å². The van der Waals surface area contributed by atoms with Gasteiger partial charge in [-0.3, -0.25) is 10.2 Å². The van der Waals surface area contributed by atoms with Crippen LogP contribution < -0.4 is 16.2 Å². The maximum absolute atomic E-state index is 11.6. The number of hydrogen-bond donors (Lipinski definition) is 2. The van der Waals surface area contributed by atoms with Gasteiger partial charge in [0.15, 0.2) is 5.71 Å². The summed E-state index contributed by atoms with van der Waals surface area (Å²) in [6, 6.07) is 25.8. The second-order valence-corrected chi connectivity index (χ2v) is 16.9. The molecule has 3 N–H and O–H groups in total. The molecule has 0 aliphatic carbocycles. The molecule has 9 heteroatoms. The average molecular weight is 745 g/mol. The summed E-state index contributed by atoms with van der Waals surface area (Å²) in [7, 11) is -4.25. The number of nitrogens with zero attached hydrogens (tertiary/aromatic N) is 2. The zero-order valence-electron chi connectivity index (χ0n) is 31.8. The fourth-order valence-electron chi connectivity index (χ4n) is 8.39. The summed E-state index contributed by atoms with van der Waals surface area (Å²) >= 11 is 0. The topological polar surface area (TPSA) is 119 Å². The molecule has 2 heterocycles. The van der Waals surface area contributed by atoms with Gasteiger partial charge in [-0.2, -0.15) is 4.58 Å². The number of amides is 1. The highest BCUT2D eigenvalue weighted by atomic mass is 32.2. The number of carbonyl (C=O) groups is 1. The molecule has 0 saturated heterocycles. The fraction of sp³-hybridized carbons (Fsp3) is 0.333. The third-order valence-electron chi connectivity index (χ3n) is 10.9. The summed E-state index contributed by atoms with van der Waals surface area (Å²) in [5.74, 6) is 4.79. The summed E-state index contributed by atoms with van der Waals surface area (Å²) < 4.78 is 36.3. The highest BCUT2D eigenvalue weighted by Gasteiger charge is 2.45. The van der Waals surface area contributed by atoms with Crippen molar-refractivity contribution in [1.29, 1.82) is 0 Å². The van der Waals surface area contributed by atoms with E-state index < -0.39 is 10.1 Å². The van der Waals surface area contributed by atoms with Crippen molar-refractivity contribution in [3.8, 4) is 0 Å². The molecule has 2 aliphatic heterocycles. The number of benzene rings is 4. The Morgan fingerprint density at radius 2 is 1.43 bits per heavy atom. The Labute approximate surface area is 320 Å². The molecule has 282 valence electrons. The number of anilines is 1. The van der Waals surface area contributed by atoms with Crippen molar-refractivity contribution in [2.45, 2.75) is 77.0 Å². The van der Waals surface area contributed by atoms with Gasteiger partial charge in [0.25, 0.3) is 0 Å². The van der Waals surface area contributed by atoms with Gasteiger partial charge in [0.1, 0.15) is 6.54 Å². The number of hydrogen-bond acceptors (Lipinski definition) is 6. The minimum Gasteiger partial charge on any atom is -0.748 e. The van der Waals surface area contributed by atoms with Gasteiger partial charge in [-0.15, -0.1) is 0 Å². The third kappa shape index (κ3) is 8.14. The van der Waals surface area contributed by atoms with Gasteiger partial charge in [-0.1, -0.05) is 98.8 Å². The minimum absolute atomic E-state index is 0.129. The maximum Gasteiger partial charge on any atom is 0.233 e. The van der Waals surface area contributed by atoms with Crippen molar-refractivity contribution in [2.24, 2.45) is 5.84 Å². The molecule has 0 aromatic heterocycles. The van der Waals surface area contributed by atoms with Gasteiger partial charge in [0.2, 0.25) is 11.6 Å². The first-order chi connectivity index (χ1) is 25.8.